The first-order chi connectivity index (χ1) is 1.00. The molecule has 1 radical (unpaired) electrons. The first kappa shape index (κ1) is 24.9. The van der Waals surface area contributed by atoms with E-state index in [0.29, 0.717) is 10.5 Å². The average Bonchev–Trinajstić information content (AvgIpc) is 1.00. The van der Waals surface area contributed by atoms with Crippen LogP contribution in [0.5, 0.6) is 0 Å². The second-order valence-electron chi connectivity index (χ2n) is 0. The minimum Gasteiger partial charge on any atom is 0 e. The number of hydrogen-bond donors (Lipinski definition) is 1. The number of hydrogen-bond acceptors (Lipinski definition) is 1. The molecule has 0 saturated carbocycles. The minimum atomic E-state index is 0. The smallest absolute Gasteiger partial charge is 0 e. The molecule has 0 spiro atoms. The third-order valence-electron chi connectivity index (χ3n) is 0. The Morgan fingerprint density at radius 1 is 1.20 bits per heavy atom. The molecule has 0 aromatic rings. The second-order valence-corrected chi connectivity index (χ2v) is 0. The van der Waals surface area contributed by atoms with Crippen LogP contribution in [-0.4, -0.2) is 25.4 Å². The summed E-state index contributed by atoms with van der Waals surface area (Å²) in [6, 6.07) is 0. The summed E-state index contributed by atoms with van der Waals surface area (Å²) in [4.78, 5) is 7.14. The fourth-order valence-electron chi connectivity index (χ4n) is 0. The van der Waals surface area contributed by atoms with Crippen LogP contribution in [0.15, 0.2) is 0 Å². The first-order valence-corrected chi connectivity index (χ1v) is 1.34. The largest absolute Gasteiger partial charge is 0 e. The molecule has 0 aliphatic heterocycles. The van der Waals surface area contributed by atoms with E-state index >= 15 is 0 Å². The molecule has 0 aromatic carbocycles. The predicted molar refractivity (Wildman–Crippen MR) is 20.7 cm³/mol. The molecule has 0 heterocycles. The van der Waals surface area contributed by atoms with Gasteiger partial charge in [0.2, 0.25) is 0 Å². The van der Waals surface area contributed by atoms with E-state index in [-0.39, 0.29) is 84.6 Å². The third-order valence-corrected chi connectivity index (χ3v) is 0. The van der Waals surface area contributed by atoms with E-state index in [4.69, 9.17) is 4.80 Å². The van der Waals surface area contributed by atoms with Crippen LogP contribution in [-0.2, 0) is 32.7 Å². The summed E-state index contributed by atoms with van der Waals surface area (Å²) in [5, 5.41) is 0. The maximum atomic E-state index is 7.14. The van der Waals surface area contributed by atoms with Gasteiger partial charge in [0, 0.05) is 74.5 Å². The van der Waals surface area contributed by atoms with Crippen LogP contribution in [0.3, 0.4) is 0 Å². The molecule has 0 aliphatic rings. The van der Waals surface area contributed by atoms with Crippen molar-refractivity contribution < 1.29 is 79.3 Å². The van der Waals surface area contributed by atoms with Gasteiger partial charge in [-0.25, -0.2) is 0 Å². The molecule has 0 atom stereocenters. The van der Waals surface area contributed by atoms with Crippen LogP contribution < -0.4 is 0 Å². The molecule has 0 bridgehead atoms. The monoisotopic (exact) mass is 288 g/mol. The predicted octanol–water partition coefficient (Wildman–Crippen LogP) is -2.66. The maximum Gasteiger partial charge on any atom is 0 e. The molecule has 0 rings (SSSR count). The normalized spacial score (nSPS) is 1.80. The Labute approximate surface area is 97.7 Å². The molecule has 5 heteroatoms. The molecule has 0 aromatic heterocycles. The van der Waals surface area contributed by atoms with E-state index in [2.05, 4.69) is 0 Å². The van der Waals surface area contributed by atoms with Gasteiger partial charge in [0.15, 0.2) is 0 Å². The molecule has 0 fully saturated rings. The zero-order chi connectivity index (χ0) is 2.00. The van der Waals surface area contributed by atoms with Crippen LogP contribution in [0.2, 0.25) is 0 Å². The molecule has 5 heavy (non-hydrogen) atoms. The third kappa shape index (κ3) is 19.9. The molecule has 1 nitrogen and oxygen atoms in total. The van der Waals surface area contributed by atoms with Gasteiger partial charge < -0.3 is 4.80 Å². The molecule has 0 amide bonds. The molecular weight excluding hydrogens is 282 g/mol. The average molecular weight is 288 g/mol. The first-order valence-electron chi connectivity index (χ1n) is 0.447. The van der Waals surface area contributed by atoms with Crippen LogP contribution in [0.1, 0.15) is 0 Å². The van der Waals surface area contributed by atoms with E-state index in [1.165, 1.54) is 0 Å². The van der Waals surface area contributed by atoms with Crippen molar-refractivity contribution in [3.63, 3.8) is 0 Å². The van der Waals surface area contributed by atoms with Gasteiger partial charge >= 0.3 is 10.1 Å². The van der Waals surface area contributed by atoms with E-state index < -0.39 is 0 Å². The summed E-state index contributed by atoms with van der Waals surface area (Å²) >= 11 is 0. The van der Waals surface area contributed by atoms with Crippen LogP contribution >= 0.6 is 0 Å². The van der Waals surface area contributed by atoms with Crippen molar-refractivity contribution in [1.82, 2.24) is 0 Å². The molecule has 0 saturated heterocycles. The van der Waals surface area contributed by atoms with Gasteiger partial charge in [0.05, 0.1) is 0 Å². The van der Waals surface area contributed by atoms with E-state index in [9.17, 15) is 0 Å². The van der Waals surface area contributed by atoms with E-state index in [0.717, 1.165) is 0 Å². The minimum absolute atomic E-state index is 0. The van der Waals surface area contributed by atoms with Crippen LogP contribution in [0, 0.1) is 41.7 Å². The van der Waals surface area contributed by atoms with Gasteiger partial charge in [-0.05, 0) is 0 Å². The molecule has 1 N–H and O–H groups in total. The van der Waals surface area contributed by atoms with Gasteiger partial charge in [0.1, 0.15) is 10.5 Å². The van der Waals surface area contributed by atoms with Crippen molar-refractivity contribution in [3.8, 4) is 0 Å². The van der Waals surface area contributed by atoms with Gasteiger partial charge in [-0.1, -0.05) is 0 Å². The SMILES string of the molecule is O[SiH3].[BeH2].[Ce].[Y]. The van der Waals surface area contributed by atoms with E-state index in [1.54, 1.807) is 0 Å². The van der Waals surface area contributed by atoms with Crippen LogP contribution in [0.25, 0.3) is 0 Å². The van der Waals surface area contributed by atoms with E-state index in [1.807, 2.05) is 0 Å². The molecule has 25 valence electrons. The fraction of sp³-hybridized carbons (Fsp3) is 0. The van der Waals surface area contributed by atoms with Crippen molar-refractivity contribution in [1.29, 1.82) is 0 Å². The Kier molecular flexibility index (Phi) is 145. The van der Waals surface area contributed by atoms with Gasteiger partial charge in [-0.2, -0.15) is 0 Å². The number of rotatable bonds is 0. The Balaban J connectivity index is -0.00000000167. The quantitative estimate of drug-likeness (QED) is 0.483. The zero-order valence-electron chi connectivity index (χ0n) is 2.52. The summed E-state index contributed by atoms with van der Waals surface area (Å²) in [6.07, 6.45) is 0. The van der Waals surface area contributed by atoms with Gasteiger partial charge in [-0.15, -0.1) is 0 Å². The fourth-order valence-corrected chi connectivity index (χ4v) is 0. The Hall–Kier alpha value is 2.83. The van der Waals surface area contributed by atoms with Crippen molar-refractivity contribution in [2.75, 3.05) is 0 Å². The Morgan fingerprint density at radius 2 is 1.20 bits per heavy atom. The topological polar surface area (TPSA) is 20.2 Å². The summed E-state index contributed by atoms with van der Waals surface area (Å²) in [5.41, 5.74) is 0. The Bertz CT molecular complexity index is 11.6. The standard InChI is InChI=1S/Be.Ce.H4OSi.Y.2H/c;;1-2;;;/h;;1H,2H3;;;. The Morgan fingerprint density at radius 3 is 1.20 bits per heavy atom. The maximum absolute atomic E-state index is 7.14. The van der Waals surface area contributed by atoms with Crippen molar-refractivity contribution >= 4 is 20.6 Å². The second kappa shape index (κ2) is 29.0. The van der Waals surface area contributed by atoms with Crippen molar-refractivity contribution in [2.24, 2.45) is 0 Å². The summed E-state index contributed by atoms with van der Waals surface area (Å²) in [5.74, 6) is 0. The van der Waals surface area contributed by atoms with Gasteiger partial charge in [-0.3, -0.25) is 0 Å². The summed E-state index contributed by atoms with van der Waals surface area (Å²) in [7, 11) is 0.306. The van der Waals surface area contributed by atoms with Gasteiger partial charge in [0.25, 0.3) is 0 Å². The van der Waals surface area contributed by atoms with Crippen molar-refractivity contribution in [3.05, 3.63) is 0 Å². The zero-order valence-corrected chi connectivity index (χ0v) is 10.5. The summed E-state index contributed by atoms with van der Waals surface area (Å²) in [6.45, 7) is 0. The van der Waals surface area contributed by atoms with Crippen LogP contribution in [0.4, 0.5) is 0 Å². The molecule has 0 unspecified atom stereocenters. The molecule has 0 aliphatic carbocycles. The molecular formula is H6BeCeOSiY. The van der Waals surface area contributed by atoms with Crippen molar-refractivity contribution in [2.45, 2.75) is 0 Å². The summed E-state index contributed by atoms with van der Waals surface area (Å²) < 4.78 is 0.